The summed E-state index contributed by atoms with van der Waals surface area (Å²) in [7, 11) is 0. The first-order valence-corrected chi connectivity index (χ1v) is 13.3. The number of nitrogens with one attached hydrogen (secondary N) is 1. The van der Waals surface area contributed by atoms with E-state index >= 15 is 0 Å². The second-order valence-electron chi connectivity index (χ2n) is 9.45. The first-order chi connectivity index (χ1) is 16.5. The molecule has 184 valence electrons. The summed E-state index contributed by atoms with van der Waals surface area (Å²) in [5, 5.41) is 13.9. The highest BCUT2D eigenvalue weighted by Crippen LogP contribution is 2.42. The fourth-order valence-electron chi connectivity index (χ4n) is 5.32. The lowest BCUT2D eigenvalue weighted by Crippen LogP contribution is -2.51. The van der Waals surface area contributed by atoms with Crippen molar-refractivity contribution in [2.45, 2.75) is 50.2 Å². The lowest BCUT2D eigenvalue weighted by atomic mass is 10.0. The van der Waals surface area contributed by atoms with Crippen molar-refractivity contribution < 1.29 is 14.6 Å². The van der Waals surface area contributed by atoms with E-state index in [2.05, 4.69) is 27.1 Å². The minimum absolute atomic E-state index is 0.148. The molecule has 2 fully saturated rings. The van der Waals surface area contributed by atoms with Gasteiger partial charge in [-0.1, -0.05) is 18.5 Å². The van der Waals surface area contributed by atoms with Crippen molar-refractivity contribution in [3.05, 3.63) is 38.9 Å². The van der Waals surface area contributed by atoms with E-state index in [1.54, 1.807) is 6.33 Å². The normalized spacial score (nSPS) is 24.3. The molecule has 3 atom stereocenters. The average molecular weight is 506 g/mol. The number of aliphatic hydroxyl groups excluding tert-OH is 1. The van der Waals surface area contributed by atoms with Gasteiger partial charge in [0.05, 0.1) is 22.1 Å². The van der Waals surface area contributed by atoms with Gasteiger partial charge in [0.25, 0.3) is 0 Å². The van der Waals surface area contributed by atoms with Gasteiger partial charge in [0.15, 0.2) is 0 Å². The Morgan fingerprint density at radius 1 is 1.26 bits per heavy atom. The van der Waals surface area contributed by atoms with E-state index < -0.39 is 6.10 Å². The number of halogens is 1. The van der Waals surface area contributed by atoms with Crippen molar-refractivity contribution in [2.24, 2.45) is 0 Å². The Morgan fingerprint density at radius 3 is 2.74 bits per heavy atom. The Balaban J connectivity index is 1.26. The fourth-order valence-corrected chi connectivity index (χ4v) is 6.48. The van der Waals surface area contributed by atoms with Gasteiger partial charge in [-0.05, 0) is 37.3 Å². The smallest absolute Gasteiger partial charge is 0.232 e. The predicted molar refractivity (Wildman–Crippen MR) is 133 cm³/mol. The molecule has 1 amide bonds. The summed E-state index contributed by atoms with van der Waals surface area (Å²) in [6.07, 6.45) is 3.66. The van der Waals surface area contributed by atoms with Gasteiger partial charge in [-0.25, -0.2) is 9.97 Å². The van der Waals surface area contributed by atoms with E-state index in [9.17, 15) is 9.90 Å². The molecule has 4 heterocycles. The van der Waals surface area contributed by atoms with Gasteiger partial charge in [-0.2, -0.15) is 0 Å². The fraction of sp³-hybridized carbons (Fsp3) is 0.625. The summed E-state index contributed by atoms with van der Waals surface area (Å²) in [6.45, 7) is 6.96. The topological polar surface area (TPSA) is 90.8 Å². The molecule has 2 aromatic heterocycles. The van der Waals surface area contributed by atoms with Crippen LogP contribution >= 0.6 is 22.9 Å². The van der Waals surface area contributed by atoms with Crippen LogP contribution in [0.25, 0.3) is 0 Å². The molecule has 0 aromatic carbocycles. The van der Waals surface area contributed by atoms with Crippen LogP contribution in [0, 0.1) is 0 Å². The van der Waals surface area contributed by atoms with Crippen molar-refractivity contribution in [2.75, 3.05) is 50.8 Å². The quantitative estimate of drug-likeness (QED) is 0.623. The number of aromatic nitrogens is 2. The highest BCUT2D eigenvalue weighted by atomic mass is 35.5. The van der Waals surface area contributed by atoms with Crippen LogP contribution in [0.1, 0.15) is 60.3 Å². The summed E-state index contributed by atoms with van der Waals surface area (Å²) in [6, 6.07) is 4.24. The lowest BCUT2D eigenvalue weighted by molar-refractivity contribution is -0.133. The van der Waals surface area contributed by atoms with E-state index in [0.717, 1.165) is 48.0 Å². The largest absolute Gasteiger partial charge is 0.387 e. The molecule has 1 aliphatic carbocycles. The van der Waals surface area contributed by atoms with Crippen LogP contribution in [-0.2, 0) is 9.53 Å². The molecule has 0 spiro atoms. The first-order valence-electron chi connectivity index (χ1n) is 12.1. The Kier molecular flexibility index (Phi) is 7.36. The van der Waals surface area contributed by atoms with Crippen LogP contribution in [0.3, 0.4) is 0 Å². The molecule has 0 saturated carbocycles. The summed E-state index contributed by atoms with van der Waals surface area (Å²) in [5.41, 5.74) is 1.81. The van der Waals surface area contributed by atoms with Crippen molar-refractivity contribution in [1.29, 1.82) is 0 Å². The molecular weight excluding hydrogens is 474 g/mol. The Hall–Kier alpha value is -1.78. The van der Waals surface area contributed by atoms with Crippen molar-refractivity contribution in [3.8, 4) is 0 Å². The number of fused-ring (bicyclic) bond motifs is 1. The van der Waals surface area contributed by atoms with Gasteiger partial charge in [-0.3, -0.25) is 4.79 Å². The van der Waals surface area contributed by atoms with Gasteiger partial charge < -0.3 is 25.0 Å². The number of piperazine rings is 1. The second-order valence-corrected chi connectivity index (χ2v) is 11.2. The molecule has 8 nitrogen and oxygen atoms in total. The highest BCUT2D eigenvalue weighted by Gasteiger charge is 2.35. The standard InChI is InChI=1S/C24H32ClN5O3S/c1-15-12-18(31)22-21(15)23(28-14-27-22)29-6-8-30(9-7-29)24(32)17(19-2-3-20(25)34-19)13-26-16-4-10-33-11-5-16/h2-3,14-18,26,31H,4-13H2,1H3/t15-,17-,18?/m1/s1. The second kappa shape index (κ2) is 10.5. The SMILES string of the molecule is C[C@@H]1CC(O)c2ncnc(N3CCN(C(=O)[C@H](CNC4CCOCC4)c4ccc(Cl)s4)CC3)c21. The number of carbonyl (C=O) groups is 1. The summed E-state index contributed by atoms with van der Waals surface area (Å²) in [5.74, 6) is 1.04. The molecule has 0 bridgehead atoms. The zero-order chi connectivity index (χ0) is 23.7. The number of rotatable bonds is 6. The zero-order valence-electron chi connectivity index (χ0n) is 19.5. The maximum atomic E-state index is 13.7. The molecule has 2 aromatic rings. The summed E-state index contributed by atoms with van der Waals surface area (Å²) in [4.78, 5) is 27.8. The van der Waals surface area contributed by atoms with Crippen molar-refractivity contribution >= 4 is 34.7 Å². The van der Waals surface area contributed by atoms with E-state index in [1.165, 1.54) is 11.3 Å². The number of hydrogen-bond donors (Lipinski definition) is 2. The summed E-state index contributed by atoms with van der Waals surface area (Å²) < 4.78 is 6.17. The van der Waals surface area contributed by atoms with Gasteiger partial charge >= 0.3 is 0 Å². The van der Waals surface area contributed by atoms with Gasteiger partial charge in [0.1, 0.15) is 12.1 Å². The highest BCUT2D eigenvalue weighted by molar-refractivity contribution is 7.16. The molecule has 3 aliphatic rings. The number of amides is 1. The van der Waals surface area contributed by atoms with Crippen LogP contribution in [0.5, 0.6) is 0 Å². The average Bonchev–Trinajstić information content (AvgIpc) is 3.42. The lowest BCUT2D eigenvalue weighted by Gasteiger charge is -2.38. The van der Waals surface area contributed by atoms with E-state index in [-0.39, 0.29) is 17.7 Å². The molecule has 2 N–H and O–H groups in total. The Morgan fingerprint density at radius 2 is 2.03 bits per heavy atom. The monoisotopic (exact) mass is 505 g/mol. The van der Waals surface area contributed by atoms with Gasteiger partial charge in [0, 0.05) is 62.4 Å². The summed E-state index contributed by atoms with van der Waals surface area (Å²) >= 11 is 7.71. The molecule has 2 aliphatic heterocycles. The Labute approximate surface area is 209 Å². The molecule has 2 saturated heterocycles. The molecule has 5 rings (SSSR count). The third-order valence-electron chi connectivity index (χ3n) is 7.24. The van der Waals surface area contributed by atoms with Crippen LogP contribution in [0.15, 0.2) is 18.5 Å². The maximum absolute atomic E-state index is 13.7. The molecule has 10 heteroatoms. The third-order valence-corrected chi connectivity index (χ3v) is 8.58. The predicted octanol–water partition coefficient (Wildman–Crippen LogP) is 2.93. The maximum Gasteiger partial charge on any atom is 0.232 e. The van der Waals surface area contributed by atoms with Crippen LogP contribution < -0.4 is 10.2 Å². The van der Waals surface area contributed by atoms with Crippen LogP contribution in [0.4, 0.5) is 5.82 Å². The van der Waals surface area contributed by atoms with Crippen LogP contribution in [0.2, 0.25) is 4.34 Å². The number of carbonyl (C=O) groups excluding carboxylic acids is 1. The number of aliphatic hydroxyl groups is 1. The van der Waals surface area contributed by atoms with E-state index in [1.807, 2.05) is 17.0 Å². The number of hydrogen-bond acceptors (Lipinski definition) is 8. The number of nitrogens with zero attached hydrogens (tertiary/aromatic N) is 4. The number of ether oxygens (including phenoxy) is 1. The van der Waals surface area contributed by atoms with E-state index in [0.29, 0.717) is 49.5 Å². The minimum atomic E-state index is -0.517. The molecule has 34 heavy (non-hydrogen) atoms. The molecular formula is C24H32ClN5O3S. The van der Waals surface area contributed by atoms with Gasteiger partial charge in [-0.15, -0.1) is 11.3 Å². The van der Waals surface area contributed by atoms with Gasteiger partial charge in [0.2, 0.25) is 5.91 Å². The number of anilines is 1. The Bertz CT molecular complexity index is 1010. The first kappa shape index (κ1) is 23.9. The molecule has 1 unspecified atom stereocenters. The minimum Gasteiger partial charge on any atom is -0.387 e. The number of thiophene rings is 1. The van der Waals surface area contributed by atoms with Crippen molar-refractivity contribution in [1.82, 2.24) is 20.2 Å². The molecule has 0 radical (unpaired) electrons. The van der Waals surface area contributed by atoms with Crippen molar-refractivity contribution in [3.63, 3.8) is 0 Å². The zero-order valence-corrected chi connectivity index (χ0v) is 21.0. The third kappa shape index (κ3) is 4.95. The van der Waals surface area contributed by atoms with E-state index in [4.69, 9.17) is 16.3 Å². The van der Waals surface area contributed by atoms with Crippen LogP contribution in [-0.4, -0.2) is 77.9 Å².